The smallest absolute Gasteiger partial charge is 0.189 e. The number of nitrogens with zero attached hydrogens (tertiary/aromatic N) is 1. The van der Waals surface area contributed by atoms with Crippen LogP contribution in [-0.2, 0) is 11.3 Å². The average Bonchev–Trinajstić information content (AvgIpc) is 2.89. The molecule has 0 saturated carbocycles. The molecule has 4 heteroatoms. The van der Waals surface area contributed by atoms with Gasteiger partial charge in [-0.15, -0.1) is 0 Å². The third kappa shape index (κ3) is 4.04. The summed E-state index contributed by atoms with van der Waals surface area (Å²) in [5.74, 6) is 0.492. The third-order valence-electron chi connectivity index (χ3n) is 3.09. The van der Waals surface area contributed by atoms with Crippen molar-refractivity contribution < 1.29 is 4.74 Å². The summed E-state index contributed by atoms with van der Waals surface area (Å²) in [4.78, 5) is 4.31. The molecule has 18 heavy (non-hydrogen) atoms. The zero-order valence-corrected chi connectivity index (χ0v) is 10.9. The Morgan fingerprint density at radius 3 is 2.89 bits per heavy atom. The normalized spacial score (nSPS) is 20.1. The van der Waals surface area contributed by atoms with E-state index in [1.165, 1.54) is 11.1 Å². The molecule has 3 N–H and O–H groups in total. The van der Waals surface area contributed by atoms with Crippen molar-refractivity contribution in [3.05, 3.63) is 35.4 Å². The maximum atomic E-state index is 5.81. The van der Waals surface area contributed by atoms with Crippen LogP contribution in [0, 0.1) is 6.92 Å². The van der Waals surface area contributed by atoms with Crippen molar-refractivity contribution in [2.75, 3.05) is 13.2 Å². The summed E-state index contributed by atoms with van der Waals surface area (Å²) in [6.45, 7) is 4.31. The lowest BCUT2D eigenvalue weighted by atomic mass is 10.1. The Bertz CT molecular complexity index is 394. The second-order valence-electron chi connectivity index (χ2n) is 4.70. The van der Waals surface area contributed by atoms with Crippen LogP contribution >= 0.6 is 0 Å². The molecule has 1 heterocycles. The lowest BCUT2D eigenvalue weighted by Crippen LogP contribution is -2.37. The second-order valence-corrected chi connectivity index (χ2v) is 4.70. The van der Waals surface area contributed by atoms with Crippen molar-refractivity contribution in [3.8, 4) is 0 Å². The minimum Gasteiger partial charge on any atom is -0.376 e. The SMILES string of the molecule is Cc1ccc(CN=C(N)NC[C@@H]2CCCO2)cc1. The fraction of sp³-hybridized carbons (Fsp3) is 0.500. The molecule has 1 aromatic carbocycles. The van der Waals surface area contributed by atoms with Gasteiger partial charge in [0.05, 0.1) is 12.6 Å². The highest BCUT2D eigenvalue weighted by Crippen LogP contribution is 2.10. The molecule has 1 atom stereocenters. The van der Waals surface area contributed by atoms with Crippen LogP contribution in [0.1, 0.15) is 24.0 Å². The van der Waals surface area contributed by atoms with Crippen LogP contribution in [0.5, 0.6) is 0 Å². The molecule has 1 aromatic rings. The molecule has 98 valence electrons. The van der Waals surface area contributed by atoms with Gasteiger partial charge >= 0.3 is 0 Å². The topological polar surface area (TPSA) is 59.6 Å². The minimum atomic E-state index is 0.290. The monoisotopic (exact) mass is 247 g/mol. The maximum Gasteiger partial charge on any atom is 0.189 e. The van der Waals surface area contributed by atoms with Gasteiger partial charge in [-0.1, -0.05) is 29.8 Å². The second kappa shape index (κ2) is 6.40. The highest BCUT2D eigenvalue weighted by molar-refractivity contribution is 5.77. The maximum absolute atomic E-state index is 5.81. The standard InChI is InChI=1S/C14H21N3O/c1-11-4-6-12(7-5-11)9-16-14(15)17-10-13-3-2-8-18-13/h4-7,13H,2-3,8-10H2,1H3,(H3,15,16,17)/t13-/m0/s1. The first-order valence-corrected chi connectivity index (χ1v) is 6.45. The van der Waals surface area contributed by atoms with Gasteiger partial charge in [0, 0.05) is 13.2 Å². The Kier molecular flexibility index (Phi) is 4.59. The number of nitrogens with two attached hydrogens (primary N) is 1. The average molecular weight is 247 g/mol. The molecule has 0 aliphatic carbocycles. The Balaban J connectivity index is 1.75. The molecule has 1 fully saturated rings. The van der Waals surface area contributed by atoms with Gasteiger partial charge in [-0.2, -0.15) is 0 Å². The first-order chi connectivity index (χ1) is 8.74. The Morgan fingerprint density at radius 2 is 2.22 bits per heavy atom. The van der Waals surface area contributed by atoms with Crippen LogP contribution in [0.25, 0.3) is 0 Å². The highest BCUT2D eigenvalue weighted by atomic mass is 16.5. The summed E-state index contributed by atoms with van der Waals surface area (Å²) in [5, 5.41) is 3.11. The highest BCUT2D eigenvalue weighted by Gasteiger charge is 2.14. The fourth-order valence-corrected chi connectivity index (χ4v) is 1.95. The summed E-state index contributed by atoms with van der Waals surface area (Å²) in [6.07, 6.45) is 2.54. The van der Waals surface area contributed by atoms with E-state index in [4.69, 9.17) is 10.5 Å². The molecule has 2 rings (SSSR count). The van der Waals surface area contributed by atoms with Gasteiger partial charge in [-0.25, -0.2) is 4.99 Å². The van der Waals surface area contributed by atoms with Crippen molar-refractivity contribution in [2.24, 2.45) is 10.7 Å². The van der Waals surface area contributed by atoms with E-state index < -0.39 is 0 Å². The fourth-order valence-electron chi connectivity index (χ4n) is 1.95. The van der Waals surface area contributed by atoms with Crippen LogP contribution in [0.3, 0.4) is 0 Å². The molecule has 0 spiro atoms. The van der Waals surface area contributed by atoms with Gasteiger partial charge < -0.3 is 15.8 Å². The molecule has 0 radical (unpaired) electrons. The summed E-state index contributed by atoms with van der Waals surface area (Å²) in [6, 6.07) is 8.32. The molecule has 0 bridgehead atoms. The van der Waals surface area contributed by atoms with Crippen molar-refractivity contribution >= 4 is 5.96 Å². The molecular formula is C14H21N3O. The van der Waals surface area contributed by atoms with Crippen molar-refractivity contribution in [1.82, 2.24) is 5.32 Å². The van der Waals surface area contributed by atoms with E-state index in [0.29, 0.717) is 12.5 Å². The first-order valence-electron chi connectivity index (χ1n) is 6.45. The van der Waals surface area contributed by atoms with Crippen LogP contribution in [-0.4, -0.2) is 25.2 Å². The van der Waals surface area contributed by atoms with E-state index in [1.807, 2.05) is 0 Å². The van der Waals surface area contributed by atoms with Crippen LogP contribution < -0.4 is 11.1 Å². The molecule has 1 saturated heterocycles. The van der Waals surface area contributed by atoms with Crippen LogP contribution in [0.4, 0.5) is 0 Å². The minimum absolute atomic E-state index is 0.290. The van der Waals surface area contributed by atoms with Gasteiger partial charge in [0.15, 0.2) is 5.96 Å². The van der Waals surface area contributed by atoms with Crippen molar-refractivity contribution in [1.29, 1.82) is 0 Å². The lowest BCUT2D eigenvalue weighted by Gasteiger charge is -2.11. The number of ether oxygens (including phenoxy) is 1. The zero-order valence-electron chi connectivity index (χ0n) is 10.9. The number of aryl methyl sites for hydroxylation is 1. The number of hydrogen-bond acceptors (Lipinski definition) is 2. The molecular weight excluding hydrogens is 226 g/mol. The number of nitrogens with one attached hydrogen (secondary N) is 1. The van der Waals surface area contributed by atoms with Gasteiger partial charge in [0.1, 0.15) is 0 Å². The Hall–Kier alpha value is -1.55. The van der Waals surface area contributed by atoms with E-state index in [2.05, 4.69) is 41.5 Å². The predicted octanol–water partition coefficient (Wildman–Crippen LogP) is 1.58. The van der Waals surface area contributed by atoms with E-state index in [1.54, 1.807) is 0 Å². The summed E-state index contributed by atoms with van der Waals surface area (Å²) >= 11 is 0. The number of benzene rings is 1. The molecule has 4 nitrogen and oxygen atoms in total. The first kappa shape index (κ1) is 12.9. The quantitative estimate of drug-likeness (QED) is 0.627. The van der Waals surface area contributed by atoms with E-state index in [-0.39, 0.29) is 6.10 Å². The van der Waals surface area contributed by atoms with Crippen LogP contribution in [0.15, 0.2) is 29.3 Å². The van der Waals surface area contributed by atoms with Gasteiger partial charge in [0.2, 0.25) is 0 Å². The molecule has 0 amide bonds. The van der Waals surface area contributed by atoms with Gasteiger partial charge in [-0.05, 0) is 25.3 Å². The van der Waals surface area contributed by atoms with Gasteiger partial charge in [-0.3, -0.25) is 0 Å². The number of hydrogen-bond donors (Lipinski definition) is 2. The molecule has 0 unspecified atom stereocenters. The molecule has 1 aliphatic heterocycles. The summed E-state index contributed by atoms with van der Waals surface area (Å²) in [7, 11) is 0. The van der Waals surface area contributed by atoms with E-state index >= 15 is 0 Å². The lowest BCUT2D eigenvalue weighted by molar-refractivity contribution is 0.114. The third-order valence-corrected chi connectivity index (χ3v) is 3.09. The Morgan fingerprint density at radius 1 is 1.44 bits per heavy atom. The van der Waals surface area contributed by atoms with Crippen molar-refractivity contribution in [3.63, 3.8) is 0 Å². The number of guanidine groups is 1. The number of rotatable bonds is 4. The predicted molar refractivity (Wildman–Crippen MR) is 73.5 cm³/mol. The van der Waals surface area contributed by atoms with E-state index in [0.717, 1.165) is 26.0 Å². The molecule has 0 aromatic heterocycles. The molecule has 1 aliphatic rings. The van der Waals surface area contributed by atoms with E-state index in [9.17, 15) is 0 Å². The largest absolute Gasteiger partial charge is 0.376 e. The Labute approximate surface area is 108 Å². The summed E-state index contributed by atoms with van der Waals surface area (Å²) in [5.41, 5.74) is 8.24. The van der Waals surface area contributed by atoms with Gasteiger partial charge in [0.25, 0.3) is 0 Å². The van der Waals surface area contributed by atoms with Crippen molar-refractivity contribution in [2.45, 2.75) is 32.4 Å². The number of aliphatic imine (C=N–C) groups is 1. The zero-order chi connectivity index (χ0) is 12.8. The van der Waals surface area contributed by atoms with Crippen LogP contribution in [0.2, 0.25) is 0 Å². The summed E-state index contributed by atoms with van der Waals surface area (Å²) < 4.78 is 5.51.